The van der Waals surface area contributed by atoms with Crippen LogP contribution >= 0.6 is 0 Å². The van der Waals surface area contributed by atoms with E-state index in [1.807, 2.05) is 0 Å². The molecule has 8 bridgehead atoms. The summed E-state index contributed by atoms with van der Waals surface area (Å²) in [5.74, 6) is -53.9. The highest BCUT2D eigenvalue weighted by atomic mass is 19.2. The van der Waals surface area contributed by atoms with E-state index in [2.05, 4.69) is 20.0 Å². The Morgan fingerprint density at radius 1 is 0.380 bits per heavy atom. The molecule has 4 aromatic carbocycles. The lowest BCUT2D eigenvalue weighted by Crippen LogP contribution is -2.15. The minimum atomic E-state index is -2.73. The van der Waals surface area contributed by atoms with Gasteiger partial charge in [-0.15, -0.1) is 0 Å². The van der Waals surface area contributed by atoms with Gasteiger partial charge in [-0.25, -0.2) is 103 Å². The van der Waals surface area contributed by atoms with Gasteiger partial charge >= 0.3 is 0 Å². The standard InChI is InChI=1S/C46H14F20N4O/c1-2-71-46-11-8-17(70-46)21(25-32(53)40(61)45(66)41(62)33(25)54)16-7-10(9-67-16)18(22-26(47)34(55)42(63)35(56)27(22)48)12-3-5-14(68-12)20(24-30(51)38(59)44(65)39(60)31(24)52)15-6-4-13(69-15)19(11)23-28(49)36(57)43(64)37(58)29(23)50/h3-6,9H,2,7-8H2,1H3. The summed E-state index contributed by atoms with van der Waals surface area (Å²) in [7, 11) is 0. The molecule has 5 nitrogen and oxygen atoms in total. The van der Waals surface area contributed by atoms with E-state index in [0.717, 1.165) is 0 Å². The minimum Gasteiger partial charge on any atom is -0.478 e. The normalized spacial score (nSPS) is 16.5. The predicted molar refractivity (Wildman–Crippen MR) is 210 cm³/mol. The summed E-state index contributed by atoms with van der Waals surface area (Å²) in [5, 5.41) is 0. The third-order valence-corrected chi connectivity index (χ3v) is 11.2. The number of aliphatic imine (C=N–C) groups is 4. The Kier molecular flexibility index (Phi) is 11.7. The molecule has 0 radical (unpaired) electrons. The molecule has 4 aromatic rings. The van der Waals surface area contributed by atoms with Gasteiger partial charge in [0.25, 0.3) is 0 Å². The molecule has 0 spiro atoms. The number of nitrogens with zero attached hydrogens (tertiary/aromatic N) is 4. The van der Waals surface area contributed by atoms with Crippen LogP contribution in [-0.2, 0) is 4.74 Å². The number of benzene rings is 4. The van der Waals surface area contributed by atoms with Crippen LogP contribution in [-0.4, -0.2) is 29.6 Å². The van der Waals surface area contributed by atoms with Gasteiger partial charge < -0.3 is 4.74 Å². The molecule has 0 aliphatic carbocycles. The highest BCUT2D eigenvalue weighted by Gasteiger charge is 2.41. The number of allylic oxidation sites excluding steroid dienone is 10. The van der Waals surface area contributed by atoms with Crippen LogP contribution in [0.15, 0.2) is 78.7 Å². The van der Waals surface area contributed by atoms with Crippen molar-refractivity contribution in [1.82, 2.24) is 0 Å². The second-order valence-corrected chi connectivity index (χ2v) is 15.1. The number of halogens is 20. The molecule has 0 atom stereocenters. The van der Waals surface area contributed by atoms with E-state index in [1.165, 1.54) is 6.92 Å². The first-order valence-corrected chi connectivity index (χ1v) is 19.6. The number of hydrogen-bond acceptors (Lipinski definition) is 5. The first-order valence-electron chi connectivity index (χ1n) is 19.6. The Balaban J connectivity index is 1.50. The highest BCUT2D eigenvalue weighted by molar-refractivity contribution is 6.38. The zero-order chi connectivity index (χ0) is 51.6. The molecule has 0 saturated heterocycles. The van der Waals surface area contributed by atoms with Gasteiger partial charge in [0.1, 0.15) is 0 Å². The largest absolute Gasteiger partial charge is 0.478 e. The van der Waals surface area contributed by atoms with Crippen molar-refractivity contribution >= 4 is 45.3 Å². The molecule has 0 saturated carbocycles. The van der Waals surface area contributed by atoms with Crippen LogP contribution in [0.25, 0.3) is 22.3 Å². The summed E-state index contributed by atoms with van der Waals surface area (Å²) in [6.45, 7) is 0.618. The molecule has 0 fully saturated rings. The van der Waals surface area contributed by atoms with E-state index in [1.54, 1.807) is 0 Å². The van der Waals surface area contributed by atoms with E-state index in [9.17, 15) is 17.6 Å². The molecule has 0 aromatic heterocycles. The lowest BCUT2D eigenvalue weighted by Gasteiger charge is -2.18. The van der Waals surface area contributed by atoms with Crippen LogP contribution in [0.1, 0.15) is 42.0 Å². The Morgan fingerprint density at radius 3 is 1.13 bits per heavy atom. The van der Waals surface area contributed by atoms with Crippen LogP contribution in [0.3, 0.4) is 0 Å². The van der Waals surface area contributed by atoms with Gasteiger partial charge in [0.2, 0.25) is 29.2 Å². The molecule has 5 heterocycles. The van der Waals surface area contributed by atoms with Gasteiger partial charge in [0.15, 0.2) is 93.1 Å². The van der Waals surface area contributed by atoms with Gasteiger partial charge in [-0.2, -0.15) is 0 Å². The van der Waals surface area contributed by atoms with E-state index in [0.29, 0.717) is 30.5 Å². The Morgan fingerprint density at radius 2 is 0.718 bits per heavy atom. The minimum absolute atomic E-state index is 0.486. The summed E-state index contributed by atoms with van der Waals surface area (Å²) in [6.07, 6.45) is 0.304. The topological polar surface area (TPSA) is 58.7 Å². The average molecular weight is 1020 g/mol. The first-order chi connectivity index (χ1) is 33.5. The Labute approximate surface area is 381 Å². The fourth-order valence-corrected chi connectivity index (χ4v) is 8.11. The second-order valence-electron chi connectivity index (χ2n) is 15.1. The van der Waals surface area contributed by atoms with E-state index in [4.69, 9.17) is 4.74 Å². The van der Waals surface area contributed by atoms with Crippen LogP contribution in [0.4, 0.5) is 87.8 Å². The molecule has 364 valence electrons. The van der Waals surface area contributed by atoms with Crippen LogP contribution < -0.4 is 0 Å². The van der Waals surface area contributed by atoms with Gasteiger partial charge in [-0.05, 0) is 36.8 Å². The summed E-state index contributed by atoms with van der Waals surface area (Å²) in [4.78, 5) is 15.8. The molecule has 0 unspecified atom stereocenters. The summed E-state index contributed by atoms with van der Waals surface area (Å²) < 4.78 is 312. The van der Waals surface area contributed by atoms with Gasteiger partial charge in [0, 0.05) is 46.9 Å². The fourth-order valence-electron chi connectivity index (χ4n) is 8.11. The van der Waals surface area contributed by atoms with Crippen molar-refractivity contribution in [2.75, 3.05) is 6.61 Å². The number of rotatable bonds is 5. The molecular formula is C46H14F20N4O. The molecule has 25 heteroatoms. The van der Waals surface area contributed by atoms with Gasteiger partial charge in [-0.1, -0.05) is 0 Å². The Bertz CT molecular complexity index is 3470. The van der Waals surface area contributed by atoms with Crippen molar-refractivity contribution in [3.8, 4) is 0 Å². The maximum absolute atomic E-state index is 16.1. The summed E-state index contributed by atoms with van der Waals surface area (Å²) in [5.41, 5.74) is -20.7. The molecule has 5 aliphatic rings. The SMILES string of the molecule is CCOC1=NC2=C(c3c(F)c(F)c(F)c(F)c3F)C3=NC=C(C3)C(c3c(F)c(F)c(F)c(F)c3F)=C3C=CC(=N3)C(c3c(F)c(F)c(F)c(F)c3F)=C3C=CC(=N3)C(c3c(F)c(F)c(F)c(F)c3F)=C1C2. The third kappa shape index (κ3) is 7.08. The maximum Gasteiger partial charge on any atom is 0.217 e. The average Bonchev–Trinajstić information content (AvgIpc) is 4.21. The monoisotopic (exact) mass is 1020 g/mol. The van der Waals surface area contributed by atoms with Crippen LogP contribution in [0, 0.1) is 116 Å². The molecule has 71 heavy (non-hydrogen) atoms. The van der Waals surface area contributed by atoms with Crippen molar-refractivity contribution in [2.45, 2.75) is 19.8 Å². The summed E-state index contributed by atoms with van der Waals surface area (Å²) in [6, 6.07) is 0. The van der Waals surface area contributed by atoms with Gasteiger partial charge in [-0.3, -0.25) is 4.99 Å². The lowest BCUT2D eigenvalue weighted by atomic mass is 9.87. The van der Waals surface area contributed by atoms with Crippen LogP contribution in [0.2, 0.25) is 0 Å². The lowest BCUT2D eigenvalue weighted by molar-refractivity contribution is 0.329. The van der Waals surface area contributed by atoms with Gasteiger partial charge in [0.05, 0.1) is 63.1 Å². The van der Waals surface area contributed by atoms with E-state index >= 15 is 70.2 Å². The quantitative estimate of drug-likeness (QED) is 0.112. The van der Waals surface area contributed by atoms with E-state index < -0.39 is 232 Å². The van der Waals surface area contributed by atoms with Crippen LogP contribution in [0.5, 0.6) is 0 Å². The maximum atomic E-state index is 16.1. The van der Waals surface area contributed by atoms with Crippen molar-refractivity contribution in [2.24, 2.45) is 20.0 Å². The zero-order valence-corrected chi connectivity index (χ0v) is 34.3. The van der Waals surface area contributed by atoms with Crippen molar-refractivity contribution in [3.63, 3.8) is 0 Å². The smallest absolute Gasteiger partial charge is 0.217 e. The fraction of sp³-hybridized carbons (Fsp3) is 0.0870. The third-order valence-electron chi connectivity index (χ3n) is 11.2. The van der Waals surface area contributed by atoms with Crippen molar-refractivity contribution in [1.29, 1.82) is 0 Å². The zero-order valence-electron chi connectivity index (χ0n) is 34.3. The number of hydrogen-bond donors (Lipinski definition) is 0. The predicted octanol–water partition coefficient (Wildman–Crippen LogP) is 13.1. The van der Waals surface area contributed by atoms with Crippen molar-refractivity contribution in [3.05, 3.63) is 197 Å². The number of ether oxygens (including phenoxy) is 1. The molecule has 9 rings (SSSR count). The molecule has 0 amide bonds. The Hall–Kier alpha value is -7.86. The highest BCUT2D eigenvalue weighted by Crippen LogP contribution is 2.47. The molecule has 0 N–H and O–H groups in total. The number of fused-ring (bicyclic) bond motifs is 6. The second kappa shape index (κ2) is 17.2. The molecular weight excluding hydrogens is 1000 g/mol. The molecule has 5 aliphatic heterocycles. The van der Waals surface area contributed by atoms with E-state index in [-0.39, 0.29) is 0 Å². The first kappa shape index (κ1) is 48.2. The van der Waals surface area contributed by atoms with Crippen molar-refractivity contribution < 1.29 is 92.5 Å². The summed E-state index contributed by atoms with van der Waals surface area (Å²) >= 11 is 0.